The third kappa shape index (κ3) is 4.08. The average Bonchev–Trinajstić information content (AvgIpc) is 2.39. The average molecular weight is 274 g/mol. The van der Waals surface area contributed by atoms with Crippen LogP contribution < -0.4 is 4.90 Å². The van der Waals surface area contributed by atoms with Gasteiger partial charge in [-0.1, -0.05) is 18.5 Å². The minimum atomic E-state index is 0.516. The molecule has 5 nitrogen and oxygen atoms in total. The van der Waals surface area contributed by atoms with Crippen LogP contribution in [0, 0.1) is 0 Å². The third-order valence-corrected chi connectivity index (χ3v) is 2.98. The number of anilines is 1. The molecule has 0 atom stereocenters. The summed E-state index contributed by atoms with van der Waals surface area (Å²) in [5, 5.41) is 0.516. The number of rotatable bonds is 8. The van der Waals surface area contributed by atoms with Gasteiger partial charge in [0.15, 0.2) is 0 Å². The Morgan fingerprint density at radius 1 is 1.17 bits per heavy atom. The van der Waals surface area contributed by atoms with E-state index in [1.54, 1.807) is 14.2 Å². The van der Waals surface area contributed by atoms with E-state index in [9.17, 15) is 0 Å². The van der Waals surface area contributed by atoms with Gasteiger partial charge >= 0.3 is 0 Å². The van der Waals surface area contributed by atoms with Crippen LogP contribution in [-0.2, 0) is 15.9 Å². The summed E-state index contributed by atoms with van der Waals surface area (Å²) in [6, 6.07) is 0. The van der Waals surface area contributed by atoms with Crippen LogP contribution >= 0.6 is 11.6 Å². The molecule has 0 bridgehead atoms. The lowest BCUT2D eigenvalue weighted by atomic mass is 10.2. The van der Waals surface area contributed by atoms with E-state index in [1.807, 2.05) is 6.92 Å². The van der Waals surface area contributed by atoms with Crippen molar-refractivity contribution in [2.75, 3.05) is 45.4 Å². The van der Waals surface area contributed by atoms with Crippen LogP contribution in [0.25, 0.3) is 0 Å². The molecule has 0 aromatic carbocycles. The Kier molecular flexibility index (Phi) is 6.93. The lowest BCUT2D eigenvalue weighted by Crippen LogP contribution is -2.32. The summed E-state index contributed by atoms with van der Waals surface area (Å²) >= 11 is 6.10. The fourth-order valence-corrected chi connectivity index (χ4v) is 1.95. The predicted molar refractivity (Wildman–Crippen MR) is 72.4 cm³/mol. The minimum Gasteiger partial charge on any atom is -0.383 e. The normalized spacial score (nSPS) is 10.7. The van der Waals surface area contributed by atoms with Gasteiger partial charge in [-0.15, -0.1) is 0 Å². The zero-order valence-corrected chi connectivity index (χ0v) is 11.9. The van der Waals surface area contributed by atoms with Gasteiger partial charge in [0, 0.05) is 32.9 Å². The van der Waals surface area contributed by atoms with Crippen LogP contribution in [0.5, 0.6) is 0 Å². The Hall–Kier alpha value is -0.910. The van der Waals surface area contributed by atoms with Gasteiger partial charge in [-0.2, -0.15) is 0 Å². The summed E-state index contributed by atoms with van der Waals surface area (Å²) in [5.41, 5.74) is 0.964. The quantitative estimate of drug-likeness (QED) is 0.676. The molecule has 18 heavy (non-hydrogen) atoms. The first kappa shape index (κ1) is 15.1. The molecular formula is C12H20ClN3O2. The highest BCUT2D eigenvalue weighted by Crippen LogP contribution is 2.23. The molecule has 0 saturated carbocycles. The fraction of sp³-hybridized carbons (Fsp3) is 0.667. The van der Waals surface area contributed by atoms with Gasteiger partial charge in [-0.3, -0.25) is 0 Å². The van der Waals surface area contributed by atoms with Crippen molar-refractivity contribution in [3.63, 3.8) is 0 Å². The number of halogens is 1. The maximum absolute atomic E-state index is 6.10. The molecule has 102 valence electrons. The van der Waals surface area contributed by atoms with Gasteiger partial charge < -0.3 is 14.4 Å². The van der Waals surface area contributed by atoms with Crippen molar-refractivity contribution < 1.29 is 9.47 Å². The maximum atomic E-state index is 6.10. The number of nitrogens with zero attached hydrogens (tertiary/aromatic N) is 3. The maximum Gasteiger partial charge on any atom is 0.137 e. The minimum absolute atomic E-state index is 0.516. The Morgan fingerprint density at radius 2 is 1.78 bits per heavy atom. The standard InChI is InChI=1S/C12H20ClN3O2/c1-4-10-11(13)14-9-15-12(10)16(5-7-17-2)6-8-18-3/h9H,4-8H2,1-3H3. The molecule has 6 heteroatoms. The zero-order valence-electron chi connectivity index (χ0n) is 11.1. The lowest BCUT2D eigenvalue weighted by molar-refractivity contribution is 0.190. The topological polar surface area (TPSA) is 47.5 Å². The van der Waals surface area contributed by atoms with Crippen molar-refractivity contribution in [2.24, 2.45) is 0 Å². The van der Waals surface area contributed by atoms with Gasteiger partial charge in [0.1, 0.15) is 17.3 Å². The molecule has 1 aromatic rings. The van der Waals surface area contributed by atoms with Crippen LogP contribution in [0.3, 0.4) is 0 Å². The van der Waals surface area contributed by atoms with E-state index < -0.39 is 0 Å². The molecule has 0 aliphatic carbocycles. The summed E-state index contributed by atoms with van der Waals surface area (Å²) in [5.74, 6) is 0.867. The zero-order chi connectivity index (χ0) is 13.4. The summed E-state index contributed by atoms with van der Waals surface area (Å²) in [6.45, 7) is 4.81. The fourth-order valence-electron chi connectivity index (χ4n) is 1.69. The van der Waals surface area contributed by atoms with E-state index in [1.165, 1.54) is 6.33 Å². The summed E-state index contributed by atoms with van der Waals surface area (Å²) in [7, 11) is 3.37. The second kappa shape index (κ2) is 8.24. The van der Waals surface area contributed by atoms with Crippen LogP contribution in [0.15, 0.2) is 6.33 Å². The van der Waals surface area contributed by atoms with E-state index >= 15 is 0 Å². The second-order valence-corrected chi connectivity index (χ2v) is 4.15. The molecule has 0 saturated heterocycles. The summed E-state index contributed by atoms with van der Waals surface area (Å²) < 4.78 is 10.2. The number of hydrogen-bond donors (Lipinski definition) is 0. The number of hydrogen-bond acceptors (Lipinski definition) is 5. The first-order valence-corrected chi connectivity index (χ1v) is 6.34. The largest absolute Gasteiger partial charge is 0.383 e. The van der Waals surface area contributed by atoms with Crippen LogP contribution in [0.1, 0.15) is 12.5 Å². The molecule has 0 amide bonds. The van der Waals surface area contributed by atoms with Gasteiger partial charge in [0.2, 0.25) is 0 Å². The van der Waals surface area contributed by atoms with E-state index in [0.29, 0.717) is 18.4 Å². The van der Waals surface area contributed by atoms with Gasteiger partial charge in [0.25, 0.3) is 0 Å². The molecule has 0 radical (unpaired) electrons. The second-order valence-electron chi connectivity index (χ2n) is 3.79. The number of aromatic nitrogens is 2. The molecule has 0 N–H and O–H groups in total. The summed E-state index contributed by atoms with van der Waals surface area (Å²) in [6.07, 6.45) is 2.29. The third-order valence-electron chi connectivity index (χ3n) is 2.65. The summed E-state index contributed by atoms with van der Waals surface area (Å²) in [4.78, 5) is 10.5. The van der Waals surface area contributed by atoms with Crippen LogP contribution in [0.2, 0.25) is 5.15 Å². The molecule has 0 spiro atoms. The first-order valence-electron chi connectivity index (χ1n) is 5.96. The Morgan fingerprint density at radius 3 is 2.28 bits per heavy atom. The highest BCUT2D eigenvalue weighted by molar-refractivity contribution is 6.30. The highest BCUT2D eigenvalue weighted by atomic mass is 35.5. The van der Waals surface area contributed by atoms with E-state index in [0.717, 1.165) is 30.9 Å². The molecule has 1 heterocycles. The first-order chi connectivity index (χ1) is 8.74. The SMILES string of the molecule is CCc1c(Cl)ncnc1N(CCOC)CCOC. The van der Waals surface area contributed by atoms with Crippen molar-refractivity contribution in [1.29, 1.82) is 0 Å². The Balaban J connectivity index is 2.91. The van der Waals surface area contributed by atoms with Gasteiger partial charge in [-0.25, -0.2) is 9.97 Å². The molecule has 0 aliphatic rings. The molecular weight excluding hydrogens is 254 g/mol. The molecule has 0 unspecified atom stereocenters. The molecule has 1 aromatic heterocycles. The lowest BCUT2D eigenvalue weighted by Gasteiger charge is -2.25. The smallest absolute Gasteiger partial charge is 0.137 e. The van der Waals surface area contributed by atoms with Crippen molar-refractivity contribution in [3.8, 4) is 0 Å². The molecule has 0 aliphatic heterocycles. The van der Waals surface area contributed by atoms with Crippen molar-refractivity contribution >= 4 is 17.4 Å². The molecule has 0 fully saturated rings. The Bertz CT molecular complexity index is 355. The van der Waals surface area contributed by atoms with E-state index in [-0.39, 0.29) is 0 Å². The monoisotopic (exact) mass is 273 g/mol. The Labute approximate surface area is 113 Å². The van der Waals surface area contributed by atoms with Crippen molar-refractivity contribution in [3.05, 3.63) is 17.0 Å². The van der Waals surface area contributed by atoms with Gasteiger partial charge in [-0.05, 0) is 6.42 Å². The van der Waals surface area contributed by atoms with Crippen molar-refractivity contribution in [2.45, 2.75) is 13.3 Å². The predicted octanol–water partition coefficient (Wildman–Crippen LogP) is 1.79. The highest BCUT2D eigenvalue weighted by Gasteiger charge is 2.14. The van der Waals surface area contributed by atoms with E-state index in [4.69, 9.17) is 21.1 Å². The van der Waals surface area contributed by atoms with Crippen LogP contribution in [0.4, 0.5) is 5.82 Å². The number of methoxy groups -OCH3 is 2. The molecule has 1 rings (SSSR count). The van der Waals surface area contributed by atoms with Gasteiger partial charge in [0.05, 0.1) is 13.2 Å². The van der Waals surface area contributed by atoms with E-state index in [2.05, 4.69) is 14.9 Å². The number of ether oxygens (including phenoxy) is 2. The van der Waals surface area contributed by atoms with Crippen molar-refractivity contribution in [1.82, 2.24) is 9.97 Å². The van der Waals surface area contributed by atoms with Crippen LogP contribution in [-0.4, -0.2) is 50.5 Å².